The lowest BCUT2D eigenvalue weighted by atomic mass is 9.90. The van der Waals surface area contributed by atoms with Crippen molar-refractivity contribution in [3.05, 3.63) is 87.7 Å². The number of carbonyl (C=O) groups excluding carboxylic acids is 1. The Labute approximate surface area is 163 Å². The molecular formula is C21H22N2O5. The van der Waals surface area contributed by atoms with Crippen molar-refractivity contribution in [2.45, 2.75) is 18.5 Å². The molecule has 2 aromatic rings. The Bertz CT molecular complexity index is 864. The molecule has 0 fully saturated rings. The molecule has 0 unspecified atom stereocenters. The van der Waals surface area contributed by atoms with Gasteiger partial charge in [-0.05, 0) is 23.3 Å². The van der Waals surface area contributed by atoms with Gasteiger partial charge in [-0.15, -0.1) is 0 Å². The van der Waals surface area contributed by atoms with Crippen molar-refractivity contribution in [3.8, 4) is 5.75 Å². The zero-order valence-corrected chi connectivity index (χ0v) is 15.8. The van der Waals surface area contributed by atoms with Crippen molar-refractivity contribution in [1.29, 1.82) is 0 Å². The van der Waals surface area contributed by atoms with Gasteiger partial charge in [0, 0.05) is 17.5 Å². The number of carbonyl (C=O) groups is 1. The van der Waals surface area contributed by atoms with Gasteiger partial charge in [-0.25, -0.2) is 0 Å². The summed E-state index contributed by atoms with van der Waals surface area (Å²) in [6.07, 6.45) is 1.42. The van der Waals surface area contributed by atoms with Crippen LogP contribution in [-0.2, 0) is 16.1 Å². The largest absolute Gasteiger partial charge is 0.499 e. The average molecular weight is 382 g/mol. The Kier molecular flexibility index (Phi) is 5.93. The van der Waals surface area contributed by atoms with Crippen LogP contribution in [0.15, 0.2) is 66.4 Å². The highest BCUT2D eigenvalue weighted by Crippen LogP contribution is 2.34. The monoisotopic (exact) mass is 382 g/mol. The first-order valence-corrected chi connectivity index (χ1v) is 8.89. The molecule has 1 amide bonds. The number of amides is 1. The van der Waals surface area contributed by atoms with E-state index in [9.17, 15) is 14.9 Å². The molecule has 146 valence electrons. The first-order chi connectivity index (χ1) is 13.5. The maximum absolute atomic E-state index is 12.7. The van der Waals surface area contributed by atoms with Gasteiger partial charge in [0.05, 0.1) is 20.1 Å². The molecule has 0 radical (unpaired) electrons. The zero-order chi connectivity index (χ0) is 20.1. The predicted molar refractivity (Wildman–Crippen MR) is 103 cm³/mol. The van der Waals surface area contributed by atoms with E-state index in [-0.39, 0.29) is 17.4 Å². The minimum Gasteiger partial charge on any atom is -0.499 e. The fourth-order valence-electron chi connectivity index (χ4n) is 3.53. The molecule has 0 aromatic heterocycles. The second-order valence-corrected chi connectivity index (χ2v) is 6.54. The summed E-state index contributed by atoms with van der Waals surface area (Å²) < 4.78 is 10.6. The molecule has 1 aliphatic rings. The highest BCUT2D eigenvalue weighted by atomic mass is 16.6. The first-order valence-electron chi connectivity index (χ1n) is 8.89. The lowest BCUT2D eigenvalue weighted by Crippen LogP contribution is -2.41. The van der Waals surface area contributed by atoms with Crippen LogP contribution in [0.25, 0.3) is 0 Å². The highest BCUT2D eigenvalue weighted by Gasteiger charge is 2.42. The van der Waals surface area contributed by atoms with Crippen LogP contribution < -0.4 is 4.74 Å². The van der Waals surface area contributed by atoms with Crippen molar-refractivity contribution in [3.63, 3.8) is 0 Å². The van der Waals surface area contributed by atoms with Gasteiger partial charge in [-0.1, -0.05) is 42.5 Å². The molecule has 7 heteroatoms. The van der Waals surface area contributed by atoms with Crippen LogP contribution in [0.3, 0.4) is 0 Å². The van der Waals surface area contributed by atoms with Gasteiger partial charge in [0.1, 0.15) is 17.6 Å². The topological polar surface area (TPSA) is 81.9 Å². The average Bonchev–Trinajstić information content (AvgIpc) is 3.02. The van der Waals surface area contributed by atoms with Gasteiger partial charge in [-0.2, -0.15) is 0 Å². The summed E-state index contributed by atoms with van der Waals surface area (Å²) in [5, 5.41) is 11.4. The van der Waals surface area contributed by atoms with Crippen molar-refractivity contribution in [1.82, 2.24) is 4.90 Å². The van der Waals surface area contributed by atoms with Crippen LogP contribution in [0.2, 0.25) is 0 Å². The summed E-state index contributed by atoms with van der Waals surface area (Å²) in [7, 11) is 3.07. The van der Waals surface area contributed by atoms with E-state index < -0.39 is 12.0 Å². The van der Waals surface area contributed by atoms with Crippen LogP contribution in [0.4, 0.5) is 0 Å². The van der Waals surface area contributed by atoms with Crippen molar-refractivity contribution in [2.75, 3.05) is 20.8 Å². The third-order valence-corrected chi connectivity index (χ3v) is 4.88. The van der Waals surface area contributed by atoms with Gasteiger partial charge >= 0.3 is 0 Å². The summed E-state index contributed by atoms with van der Waals surface area (Å²) in [4.78, 5) is 25.3. The summed E-state index contributed by atoms with van der Waals surface area (Å²) in [5.74, 6) is 0.419. The van der Waals surface area contributed by atoms with Crippen LogP contribution >= 0.6 is 0 Å². The van der Waals surface area contributed by atoms with Crippen molar-refractivity contribution in [2.24, 2.45) is 0 Å². The molecule has 0 saturated heterocycles. The minimum absolute atomic E-state index is 0.220. The second kappa shape index (κ2) is 8.56. The van der Waals surface area contributed by atoms with Crippen LogP contribution in [0.5, 0.6) is 5.75 Å². The normalized spacial score (nSPS) is 17.2. The summed E-state index contributed by atoms with van der Waals surface area (Å²) in [6.45, 7) is 0.0136. The molecule has 1 aliphatic heterocycles. The maximum atomic E-state index is 12.7. The number of nitro groups is 1. The molecule has 7 nitrogen and oxygen atoms in total. The number of methoxy groups -OCH3 is 2. The highest BCUT2D eigenvalue weighted by molar-refractivity contribution is 5.91. The van der Waals surface area contributed by atoms with Crippen molar-refractivity contribution < 1.29 is 19.2 Å². The third-order valence-electron chi connectivity index (χ3n) is 4.88. The second-order valence-electron chi connectivity index (χ2n) is 6.54. The molecule has 0 saturated carbocycles. The van der Waals surface area contributed by atoms with Gasteiger partial charge in [0.25, 0.3) is 5.91 Å². The molecule has 0 bridgehead atoms. The quantitative estimate of drug-likeness (QED) is 0.518. The standard InChI is InChI=1S/C21H22N2O5/c1-27-17-10-8-15(9-11-17)13-22-20(24)12-19(28-2)21(22)18(14-23(25)26)16-6-4-3-5-7-16/h3-12,18,21H,13-14H2,1-2H3/t18-,21-/m1/s1. The number of hydrogen-bond acceptors (Lipinski definition) is 5. The van der Waals surface area contributed by atoms with Gasteiger partial charge in [-0.3, -0.25) is 14.9 Å². The van der Waals surface area contributed by atoms with E-state index in [1.54, 1.807) is 12.0 Å². The van der Waals surface area contributed by atoms with E-state index in [1.165, 1.54) is 13.2 Å². The lowest BCUT2D eigenvalue weighted by Gasteiger charge is -2.31. The van der Waals surface area contributed by atoms with E-state index in [0.29, 0.717) is 12.3 Å². The van der Waals surface area contributed by atoms with E-state index in [0.717, 1.165) is 16.9 Å². The zero-order valence-electron chi connectivity index (χ0n) is 15.8. The molecular weight excluding hydrogens is 360 g/mol. The summed E-state index contributed by atoms with van der Waals surface area (Å²) in [5.41, 5.74) is 1.69. The number of ether oxygens (including phenoxy) is 2. The molecule has 1 heterocycles. The Morgan fingerprint density at radius 2 is 1.75 bits per heavy atom. The number of nitrogens with zero attached hydrogens (tertiary/aromatic N) is 2. The SMILES string of the molecule is COC1=CC(=O)N(Cc2ccc(OC)cc2)[C@@H]1[C@H](C[N+](=O)[O-])c1ccccc1. The maximum Gasteiger partial charge on any atom is 0.250 e. The smallest absolute Gasteiger partial charge is 0.250 e. The van der Waals surface area contributed by atoms with E-state index in [1.807, 2.05) is 54.6 Å². The first kappa shape index (κ1) is 19.4. The lowest BCUT2D eigenvalue weighted by molar-refractivity contribution is -0.484. The molecule has 28 heavy (non-hydrogen) atoms. The van der Waals surface area contributed by atoms with E-state index in [4.69, 9.17) is 9.47 Å². The predicted octanol–water partition coefficient (Wildman–Crippen LogP) is 3.00. The van der Waals surface area contributed by atoms with Crippen LogP contribution in [0.1, 0.15) is 17.0 Å². The molecule has 0 aliphatic carbocycles. The van der Waals surface area contributed by atoms with E-state index >= 15 is 0 Å². The fourth-order valence-corrected chi connectivity index (χ4v) is 3.53. The molecule has 2 aromatic carbocycles. The van der Waals surface area contributed by atoms with Gasteiger partial charge < -0.3 is 14.4 Å². The number of hydrogen-bond donors (Lipinski definition) is 0. The Morgan fingerprint density at radius 3 is 2.32 bits per heavy atom. The number of benzene rings is 2. The fraction of sp³-hybridized carbons (Fsp3) is 0.286. The van der Waals surface area contributed by atoms with Gasteiger partial charge in [0.2, 0.25) is 6.54 Å². The van der Waals surface area contributed by atoms with E-state index in [2.05, 4.69) is 0 Å². The van der Waals surface area contributed by atoms with Crippen LogP contribution in [0, 0.1) is 10.1 Å². The van der Waals surface area contributed by atoms with Gasteiger partial charge in [0.15, 0.2) is 0 Å². The minimum atomic E-state index is -0.549. The number of rotatable bonds is 8. The molecule has 2 atom stereocenters. The molecule has 0 spiro atoms. The van der Waals surface area contributed by atoms with Crippen LogP contribution in [-0.4, -0.2) is 42.5 Å². The van der Waals surface area contributed by atoms with Crippen molar-refractivity contribution >= 4 is 5.91 Å². The molecule has 3 rings (SSSR count). The molecule has 0 N–H and O–H groups in total. The summed E-state index contributed by atoms with van der Waals surface area (Å²) >= 11 is 0. The third kappa shape index (κ3) is 4.14. The Hall–Kier alpha value is -3.35. The summed E-state index contributed by atoms with van der Waals surface area (Å²) in [6, 6.07) is 16.1. The Balaban J connectivity index is 1.95. The Morgan fingerprint density at radius 1 is 1.07 bits per heavy atom.